The molecule has 1 heterocycles. The van der Waals surface area contributed by atoms with E-state index < -0.39 is 0 Å². The quantitative estimate of drug-likeness (QED) is 0.355. The second-order valence-corrected chi connectivity index (χ2v) is 7.36. The zero-order valence-corrected chi connectivity index (χ0v) is 16.7. The maximum absolute atomic E-state index is 12.8. The Labute approximate surface area is 168 Å². The lowest BCUT2D eigenvalue weighted by molar-refractivity contribution is -0.118. The molecule has 3 aromatic rings. The summed E-state index contributed by atoms with van der Waals surface area (Å²) in [5.74, 6) is 0.276. The average Bonchev–Trinajstić information content (AvgIpc) is 3.03. The van der Waals surface area contributed by atoms with E-state index in [2.05, 4.69) is 36.7 Å². The van der Waals surface area contributed by atoms with E-state index in [1.54, 1.807) is 12.1 Å². The molecule has 0 radical (unpaired) electrons. The number of hydrogen-bond donors (Lipinski definition) is 1. The van der Waals surface area contributed by atoms with Crippen LogP contribution in [0.15, 0.2) is 63.3 Å². The van der Waals surface area contributed by atoms with Crippen LogP contribution in [0.3, 0.4) is 0 Å². The fraction of sp³-hybridized carbons (Fsp3) is 0.111. The summed E-state index contributed by atoms with van der Waals surface area (Å²) in [5, 5.41) is 12.8. The molecule has 6 nitrogen and oxygen atoms in total. The minimum Gasteiger partial charge on any atom is -0.305 e. The van der Waals surface area contributed by atoms with Gasteiger partial charge in [0.05, 0.1) is 12.0 Å². The van der Waals surface area contributed by atoms with E-state index in [-0.39, 0.29) is 17.5 Å². The first-order chi connectivity index (χ1) is 13.0. The fourth-order valence-electron chi connectivity index (χ4n) is 2.18. The van der Waals surface area contributed by atoms with Crippen LogP contribution in [0, 0.1) is 5.82 Å². The van der Waals surface area contributed by atoms with Gasteiger partial charge in [-0.2, -0.15) is 5.10 Å². The molecule has 3 rings (SSSR count). The summed E-state index contributed by atoms with van der Waals surface area (Å²) in [6.07, 6.45) is 1.45. The summed E-state index contributed by atoms with van der Waals surface area (Å²) >= 11 is 4.67. The minimum atomic E-state index is -0.321. The van der Waals surface area contributed by atoms with E-state index >= 15 is 0 Å². The molecular weight excluding hydrogens is 433 g/mol. The van der Waals surface area contributed by atoms with Crippen LogP contribution in [0.25, 0.3) is 11.4 Å². The van der Waals surface area contributed by atoms with Gasteiger partial charge in [-0.1, -0.05) is 52.0 Å². The van der Waals surface area contributed by atoms with Gasteiger partial charge in [-0.25, -0.2) is 9.82 Å². The van der Waals surface area contributed by atoms with E-state index in [1.807, 2.05) is 35.9 Å². The molecule has 9 heteroatoms. The van der Waals surface area contributed by atoms with Crippen molar-refractivity contribution >= 4 is 39.8 Å². The van der Waals surface area contributed by atoms with Crippen molar-refractivity contribution in [3.8, 4) is 11.4 Å². The summed E-state index contributed by atoms with van der Waals surface area (Å²) < 4.78 is 15.7. The average molecular weight is 448 g/mol. The molecule has 2 aromatic carbocycles. The molecule has 0 saturated heterocycles. The Morgan fingerprint density at radius 3 is 2.63 bits per heavy atom. The van der Waals surface area contributed by atoms with Crippen molar-refractivity contribution in [2.75, 3.05) is 5.75 Å². The van der Waals surface area contributed by atoms with Crippen molar-refractivity contribution in [3.05, 3.63) is 64.4 Å². The fourth-order valence-corrected chi connectivity index (χ4v) is 3.15. The number of hydrazone groups is 1. The Morgan fingerprint density at radius 1 is 1.22 bits per heavy atom. The molecule has 0 spiro atoms. The third-order valence-corrected chi connectivity index (χ3v) is 5.09. The van der Waals surface area contributed by atoms with Gasteiger partial charge in [0.15, 0.2) is 11.0 Å². The summed E-state index contributed by atoms with van der Waals surface area (Å²) in [6.45, 7) is 0. The summed E-state index contributed by atoms with van der Waals surface area (Å²) in [6, 6.07) is 13.6. The first kappa shape index (κ1) is 19.2. The molecular formula is C18H15BrFN5OS. The van der Waals surface area contributed by atoms with Crippen LogP contribution in [-0.2, 0) is 11.8 Å². The normalized spacial score (nSPS) is 11.1. The maximum atomic E-state index is 12.8. The largest absolute Gasteiger partial charge is 0.305 e. The molecule has 1 aromatic heterocycles. The number of nitrogens with zero attached hydrogens (tertiary/aromatic N) is 4. The van der Waals surface area contributed by atoms with Crippen LogP contribution >= 0.6 is 27.7 Å². The first-order valence-corrected chi connectivity index (χ1v) is 9.66. The molecule has 0 fully saturated rings. The Hall–Kier alpha value is -2.52. The van der Waals surface area contributed by atoms with Gasteiger partial charge in [-0.3, -0.25) is 4.79 Å². The summed E-state index contributed by atoms with van der Waals surface area (Å²) in [4.78, 5) is 11.9. The lowest BCUT2D eigenvalue weighted by Gasteiger charge is -2.04. The number of carbonyl (C=O) groups excluding carboxylic acids is 1. The third-order valence-electron chi connectivity index (χ3n) is 3.54. The van der Waals surface area contributed by atoms with Crippen LogP contribution < -0.4 is 5.43 Å². The van der Waals surface area contributed by atoms with E-state index in [9.17, 15) is 9.18 Å². The Bertz CT molecular complexity index is 957. The molecule has 0 aliphatic carbocycles. The van der Waals surface area contributed by atoms with Crippen molar-refractivity contribution in [2.45, 2.75) is 5.16 Å². The van der Waals surface area contributed by atoms with Crippen molar-refractivity contribution in [3.63, 3.8) is 0 Å². The second kappa shape index (κ2) is 8.92. The van der Waals surface area contributed by atoms with Gasteiger partial charge in [0, 0.05) is 17.1 Å². The van der Waals surface area contributed by atoms with Gasteiger partial charge in [-0.15, -0.1) is 10.2 Å². The topological polar surface area (TPSA) is 72.2 Å². The first-order valence-electron chi connectivity index (χ1n) is 7.88. The molecule has 27 heavy (non-hydrogen) atoms. The molecule has 1 N–H and O–H groups in total. The molecule has 0 bridgehead atoms. The summed E-state index contributed by atoms with van der Waals surface area (Å²) in [7, 11) is 1.85. The number of nitrogens with one attached hydrogen (secondary N) is 1. The van der Waals surface area contributed by atoms with E-state index in [0.29, 0.717) is 10.7 Å². The Balaban J connectivity index is 1.54. The van der Waals surface area contributed by atoms with Crippen molar-refractivity contribution in [2.24, 2.45) is 12.1 Å². The van der Waals surface area contributed by atoms with Gasteiger partial charge < -0.3 is 4.57 Å². The summed E-state index contributed by atoms with van der Waals surface area (Å²) in [5.41, 5.74) is 4.06. The van der Waals surface area contributed by atoms with Gasteiger partial charge in [0.2, 0.25) is 0 Å². The predicted octanol–water partition coefficient (Wildman–Crippen LogP) is 3.63. The molecule has 138 valence electrons. The molecule has 0 saturated carbocycles. The zero-order chi connectivity index (χ0) is 19.2. The minimum absolute atomic E-state index is 0.146. The van der Waals surface area contributed by atoms with Crippen molar-refractivity contribution < 1.29 is 9.18 Å². The van der Waals surface area contributed by atoms with Crippen LogP contribution in [0.5, 0.6) is 0 Å². The van der Waals surface area contributed by atoms with Gasteiger partial charge in [0.1, 0.15) is 5.82 Å². The lowest BCUT2D eigenvalue weighted by atomic mass is 10.2. The molecule has 0 unspecified atom stereocenters. The number of amides is 1. The highest BCUT2D eigenvalue weighted by Crippen LogP contribution is 2.23. The van der Waals surface area contributed by atoms with Crippen molar-refractivity contribution in [1.29, 1.82) is 0 Å². The SMILES string of the molecule is Cn1c(SCC(=O)NN=Cc2ccc(F)cc2)nnc1-c1ccc(Br)cc1. The van der Waals surface area contributed by atoms with Crippen LogP contribution in [0.2, 0.25) is 0 Å². The number of halogens is 2. The number of carbonyl (C=O) groups is 1. The standard InChI is InChI=1S/C18H15BrFN5OS/c1-25-17(13-4-6-14(19)7-5-13)23-24-18(25)27-11-16(26)22-21-10-12-2-8-15(20)9-3-12/h2-10H,11H2,1H3,(H,22,26). The highest BCUT2D eigenvalue weighted by molar-refractivity contribution is 9.10. The molecule has 1 amide bonds. The predicted molar refractivity (Wildman–Crippen MR) is 107 cm³/mol. The maximum Gasteiger partial charge on any atom is 0.250 e. The van der Waals surface area contributed by atoms with Crippen LogP contribution in [0.1, 0.15) is 5.56 Å². The highest BCUT2D eigenvalue weighted by atomic mass is 79.9. The number of hydrogen-bond acceptors (Lipinski definition) is 5. The zero-order valence-electron chi connectivity index (χ0n) is 14.3. The van der Waals surface area contributed by atoms with Gasteiger partial charge >= 0.3 is 0 Å². The smallest absolute Gasteiger partial charge is 0.250 e. The second-order valence-electron chi connectivity index (χ2n) is 5.51. The number of benzene rings is 2. The van der Waals surface area contributed by atoms with E-state index in [4.69, 9.17) is 0 Å². The Morgan fingerprint density at radius 2 is 1.93 bits per heavy atom. The molecule has 0 atom stereocenters. The van der Waals surface area contributed by atoms with Crippen LogP contribution in [0.4, 0.5) is 4.39 Å². The third kappa shape index (κ3) is 5.24. The monoisotopic (exact) mass is 447 g/mol. The van der Waals surface area contributed by atoms with E-state index in [1.165, 1.54) is 30.1 Å². The lowest BCUT2D eigenvalue weighted by Crippen LogP contribution is -2.19. The van der Waals surface area contributed by atoms with E-state index in [0.717, 1.165) is 15.9 Å². The highest BCUT2D eigenvalue weighted by Gasteiger charge is 2.12. The van der Waals surface area contributed by atoms with Crippen LogP contribution in [-0.4, -0.2) is 32.6 Å². The Kier molecular flexibility index (Phi) is 6.36. The number of aromatic nitrogens is 3. The van der Waals surface area contributed by atoms with Gasteiger partial charge in [0.25, 0.3) is 5.91 Å². The van der Waals surface area contributed by atoms with Crippen molar-refractivity contribution in [1.82, 2.24) is 20.2 Å². The number of thioether (sulfide) groups is 1. The molecule has 0 aliphatic heterocycles. The number of rotatable bonds is 6. The molecule has 0 aliphatic rings. The van der Waals surface area contributed by atoms with Gasteiger partial charge in [-0.05, 0) is 29.8 Å².